The molecule has 0 spiro atoms. The molecule has 13 heteroatoms. The van der Waals surface area contributed by atoms with Crippen molar-refractivity contribution in [3.8, 4) is 17.3 Å². The number of amides is 1. The third kappa shape index (κ3) is 5.05. The number of aliphatic hydroxyl groups is 2. The summed E-state index contributed by atoms with van der Waals surface area (Å²) in [5.74, 6) is -0.658. The molecule has 4 aromatic rings. The first-order valence-corrected chi connectivity index (χ1v) is 10.2. The molecule has 0 fully saturated rings. The fourth-order valence-corrected chi connectivity index (χ4v) is 3.10. The van der Waals surface area contributed by atoms with E-state index in [0.717, 1.165) is 10.6 Å². The van der Waals surface area contributed by atoms with Crippen LogP contribution in [0, 0.1) is 0 Å². The lowest BCUT2D eigenvalue weighted by atomic mass is 10.0. The Hall–Kier alpha value is -4.10. The molecule has 0 saturated carbocycles. The molecular formula is C22H19F3N6O4. The van der Waals surface area contributed by atoms with Crippen molar-refractivity contribution in [2.75, 3.05) is 18.5 Å². The van der Waals surface area contributed by atoms with Gasteiger partial charge in [-0.15, -0.1) is 0 Å². The number of nitrogens with zero attached hydrogens (tertiary/aromatic N) is 5. The first-order chi connectivity index (χ1) is 16.6. The van der Waals surface area contributed by atoms with Crippen molar-refractivity contribution in [3.05, 3.63) is 66.1 Å². The van der Waals surface area contributed by atoms with Gasteiger partial charge in [0.25, 0.3) is 5.91 Å². The molecule has 0 aliphatic rings. The van der Waals surface area contributed by atoms with Gasteiger partial charge in [-0.2, -0.15) is 23.3 Å². The predicted molar refractivity (Wildman–Crippen MR) is 117 cm³/mol. The summed E-state index contributed by atoms with van der Waals surface area (Å²) in [5, 5.41) is 25.5. The average Bonchev–Trinajstić information content (AvgIpc) is 3.27. The lowest BCUT2D eigenvalue weighted by Crippen LogP contribution is -2.41. The van der Waals surface area contributed by atoms with Crippen LogP contribution in [0.1, 0.15) is 23.0 Å². The van der Waals surface area contributed by atoms with Gasteiger partial charge in [0.15, 0.2) is 16.9 Å². The molecule has 0 aliphatic carbocycles. The van der Waals surface area contributed by atoms with Gasteiger partial charge < -0.3 is 20.3 Å². The number of imidazole rings is 1. The number of aliphatic hydroxyl groups excluding tert-OH is 2. The molecule has 35 heavy (non-hydrogen) atoms. The fraction of sp³-hybridized carbons (Fsp3) is 0.227. The van der Waals surface area contributed by atoms with Crippen molar-refractivity contribution in [1.82, 2.24) is 24.6 Å². The Morgan fingerprint density at radius 3 is 2.54 bits per heavy atom. The normalized spacial score (nSPS) is 12.1. The molecule has 3 heterocycles. The SMILES string of the molecule is CC(CO)(CO)Oc1nccc(NC(=O)c2cnc3ccc(-c4ccccc4C(F)(F)F)nn23)n1. The number of nitrogens with one attached hydrogen (secondary N) is 1. The summed E-state index contributed by atoms with van der Waals surface area (Å²) in [6, 6.07) is 9.02. The van der Waals surface area contributed by atoms with Crippen molar-refractivity contribution in [3.63, 3.8) is 0 Å². The van der Waals surface area contributed by atoms with Gasteiger partial charge in [0.2, 0.25) is 0 Å². The number of alkyl halides is 3. The molecule has 1 amide bonds. The van der Waals surface area contributed by atoms with E-state index >= 15 is 0 Å². The maximum Gasteiger partial charge on any atom is 0.417 e. The second-order valence-corrected chi connectivity index (χ2v) is 7.72. The summed E-state index contributed by atoms with van der Waals surface area (Å²) >= 11 is 0. The highest BCUT2D eigenvalue weighted by Gasteiger charge is 2.34. The van der Waals surface area contributed by atoms with Gasteiger partial charge in [0, 0.05) is 11.8 Å². The fourth-order valence-electron chi connectivity index (χ4n) is 3.10. The van der Waals surface area contributed by atoms with Crippen LogP contribution in [0.4, 0.5) is 19.0 Å². The Morgan fingerprint density at radius 2 is 1.83 bits per heavy atom. The van der Waals surface area contributed by atoms with Gasteiger partial charge in [0.05, 0.1) is 30.7 Å². The average molecular weight is 488 g/mol. The monoisotopic (exact) mass is 488 g/mol. The number of fused-ring (bicyclic) bond motifs is 1. The topological polar surface area (TPSA) is 135 Å². The van der Waals surface area contributed by atoms with Crippen LogP contribution in [-0.2, 0) is 6.18 Å². The number of hydrogen-bond acceptors (Lipinski definition) is 8. The number of anilines is 1. The predicted octanol–water partition coefficient (Wildman–Crippen LogP) is 2.58. The molecular weight excluding hydrogens is 469 g/mol. The van der Waals surface area contributed by atoms with Crippen molar-refractivity contribution in [1.29, 1.82) is 0 Å². The molecule has 1 aromatic carbocycles. The molecule has 0 bridgehead atoms. The van der Waals surface area contributed by atoms with Gasteiger partial charge in [-0.25, -0.2) is 14.5 Å². The number of carbonyl (C=O) groups excluding carboxylic acids is 1. The Kier molecular flexibility index (Phi) is 6.37. The van der Waals surface area contributed by atoms with E-state index in [1.54, 1.807) is 0 Å². The molecule has 10 nitrogen and oxygen atoms in total. The number of aromatic nitrogens is 5. The van der Waals surface area contributed by atoms with Gasteiger partial charge in [-0.1, -0.05) is 18.2 Å². The molecule has 0 unspecified atom stereocenters. The highest BCUT2D eigenvalue weighted by molar-refractivity contribution is 6.02. The lowest BCUT2D eigenvalue weighted by molar-refractivity contribution is -0.137. The zero-order valence-corrected chi connectivity index (χ0v) is 18.2. The van der Waals surface area contributed by atoms with E-state index in [0.29, 0.717) is 0 Å². The van der Waals surface area contributed by atoms with Crippen molar-refractivity contribution in [2.45, 2.75) is 18.7 Å². The third-order valence-electron chi connectivity index (χ3n) is 4.99. The second kappa shape index (κ2) is 9.27. The molecule has 4 rings (SSSR count). The molecule has 3 aromatic heterocycles. The highest BCUT2D eigenvalue weighted by Crippen LogP contribution is 2.36. The minimum Gasteiger partial charge on any atom is -0.452 e. The number of halogens is 3. The number of benzene rings is 1. The van der Waals surface area contributed by atoms with Crippen LogP contribution in [0.2, 0.25) is 0 Å². The van der Waals surface area contributed by atoms with Crippen LogP contribution in [0.15, 0.2) is 54.9 Å². The Labute approximate surface area is 196 Å². The molecule has 3 N–H and O–H groups in total. The van der Waals surface area contributed by atoms with E-state index in [1.165, 1.54) is 55.7 Å². The summed E-state index contributed by atoms with van der Waals surface area (Å²) < 4.78 is 46.9. The van der Waals surface area contributed by atoms with Crippen LogP contribution in [0.5, 0.6) is 6.01 Å². The number of hydrogen-bond donors (Lipinski definition) is 3. The van der Waals surface area contributed by atoms with Crippen LogP contribution in [-0.4, -0.2) is 59.5 Å². The summed E-state index contributed by atoms with van der Waals surface area (Å²) in [6.45, 7) is 0.438. The zero-order valence-electron chi connectivity index (χ0n) is 18.2. The molecule has 182 valence electrons. The van der Waals surface area contributed by atoms with Crippen LogP contribution < -0.4 is 10.1 Å². The molecule has 0 atom stereocenters. The van der Waals surface area contributed by atoms with Crippen LogP contribution in [0.3, 0.4) is 0 Å². The van der Waals surface area contributed by atoms with E-state index in [9.17, 15) is 28.2 Å². The summed E-state index contributed by atoms with van der Waals surface area (Å²) in [7, 11) is 0. The summed E-state index contributed by atoms with van der Waals surface area (Å²) in [6.07, 6.45) is -2.06. The maximum atomic E-state index is 13.5. The number of ether oxygens (including phenoxy) is 1. The number of rotatable bonds is 7. The minimum absolute atomic E-state index is 0.00231. The smallest absolute Gasteiger partial charge is 0.417 e. The Balaban J connectivity index is 1.64. The maximum absolute atomic E-state index is 13.5. The van der Waals surface area contributed by atoms with E-state index in [1.807, 2.05) is 0 Å². The van der Waals surface area contributed by atoms with Crippen LogP contribution in [0.25, 0.3) is 16.9 Å². The van der Waals surface area contributed by atoms with Gasteiger partial charge in [-0.05, 0) is 31.2 Å². The lowest BCUT2D eigenvalue weighted by Gasteiger charge is -2.24. The summed E-state index contributed by atoms with van der Waals surface area (Å²) in [4.78, 5) is 24.9. The summed E-state index contributed by atoms with van der Waals surface area (Å²) in [5.41, 5.74) is -2.14. The standard InChI is InChI=1S/C22H19F3N6O4/c1-21(11-32,12-33)35-20-26-9-8-17(29-20)28-19(34)16-10-27-18-7-6-15(30-31(16)18)13-4-2-3-5-14(13)22(23,24)25/h2-10,32-33H,11-12H2,1H3,(H,26,28,29,34). The molecule has 0 aliphatic heterocycles. The molecule has 0 saturated heterocycles. The van der Waals surface area contributed by atoms with Gasteiger partial charge in [0.1, 0.15) is 5.82 Å². The van der Waals surface area contributed by atoms with E-state index < -0.39 is 36.5 Å². The third-order valence-corrected chi connectivity index (χ3v) is 4.99. The van der Waals surface area contributed by atoms with Gasteiger partial charge >= 0.3 is 12.2 Å². The van der Waals surface area contributed by atoms with Gasteiger partial charge in [-0.3, -0.25) is 4.79 Å². The second-order valence-electron chi connectivity index (χ2n) is 7.72. The Bertz CT molecular complexity index is 1370. The minimum atomic E-state index is -4.59. The van der Waals surface area contributed by atoms with Crippen molar-refractivity contribution in [2.24, 2.45) is 0 Å². The zero-order chi connectivity index (χ0) is 25.2. The largest absolute Gasteiger partial charge is 0.452 e. The quantitative estimate of drug-likeness (QED) is 0.361. The van der Waals surface area contributed by atoms with E-state index in [-0.39, 0.29) is 34.4 Å². The first-order valence-electron chi connectivity index (χ1n) is 10.2. The van der Waals surface area contributed by atoms with Crippen molar-refractivity contribution < 1.29 is 32.9 Å². The Morgan fingerprint density at radius 1 is 1.09 bits per heavy atom. The van der Waals surface area contributed by atoms with Crippen molar-refractivity contribution >= 4 is 17.4 Å². The first kappa shape index (κ1) is 24.0. The van der Waals surface area contributed by atoms with Crippen LogP contribution >= 0.6 is 0 Å². The van der Waals surface area contributed by atoms with E-state index in [4.69, 9.17) is 4.74 Å². The number of carbonyl (C=O) groups is 1. The highest BCUT2D eigenvalue weighted by atomic mass is 19.4. The molecule has 0 radical (unpaired) electrons. The van der Waals surface area contributed by atoms with E-state index in [2.05, 4.69) is 25.4 Å².